The summed E-state index contributed by atoms with van der Waals surface area (Å²) in [5.74, 6) is -0.308. The van der Waals surface area contributed by atoms with E-state index in [9.17, 15) is 4.39 Å². The minimum Gasteiger partial charge on any atom is -0.321 e. The summed E-state index contributed by atoms with van der Waals surface area (Å²) in [6.45, 7) is 3.77. The molecule has 0 atom stereocenters. The first-order valence-electron chi connectivity index (χ1n) is 5.17. The van der Waals surface area contributed by atoms with Gasteiger partial charge in [-0.2, -0.15) is 0 Å². The second-order valence-electron chi connectivity index (χ2n) is 4.47. The first-order valence-corrected chi connectivity index (χ1v) is 5.96. The van der Waals surface area contributed by atoms with Gasteiger partial charge in [-0.25, -0.2) is 9.37 Å². The molecular formula is C12H13BrFN3. The van der Waals surface area contributed by atoms with E-state index >= 15 is 0 Å². The molecule has 0 spiro atoms. The number of halogens is 2. The van der Waals surface area contributed by atoms with Crippen LogP contribution in [0.4, 0.5) is 4.39 Å². The van der Waals surface area contributed by atoms with Crippen LogP contribution < -0.4 is 5.73 Å². The quantitative estimate of drug-likeness (QED) is 0.926. The maximum absolute atomic E-state index is 13.5. The van der Waals surface area contributed by atoms with Gasteiger partial charge in [0.05, 0.1) is 28.2 Å². The third-order valence-corrected chi connectivity index (χ3v) is 3.12. The van der Waals surface area contributed by atoms with Gasteiger partial charge in [-0.3, -0.25) is 0 Å². The van der Waals surface area contributed by atoms with Crippen molar-refractivity contribution in [3.8, 4) is 5.69 Å². The molecule has 0 saturated carbocycles. The van der Waals surface area contributed by atoms with Crippen LogP contribution in [0.1, 0.15) is 19.5 Å². The van der Waals surface area contributed by atoms with Crippen LogP contribution in [0.25, 0.3) is 5.69 Å². The monoisotopic (exact) mass is 297 g/mol. The van der Waals surface area contributed by atoms with Gasteiger partial charge >= 0.3 is 0 Å². The molecule has 0 bridgehead atoms. The maximum atomic E-state index is 13.5. The summed E-state index contributed by atoms with van der Waals surface area (Å²) < 4.78 is 15.7. The van der Waals surface area contributed by atoms with Crippen LogP contribution in [0.3, 0.4) is 0 Å². The zero-order valence-electron chi connectivity index (χ0n) is 9.61. The van der Waals surface area contributed by atoms with E-state index in [1.807, 2.05) is 19.9 Å². The number of nitrogens with two attached hydrogens (primary N) is 1. The average Bonchev–Trinajstić information content (AvgIpc) is 2.70. The van der Waals surface area contributed by atoms with E-state index in [0.29, 0.717) is 10.2 Å². The fourth-order valence-corrected chi connectivity index (χ4v) is 1.86. The summed E-state index contributed by atoms with van der Waals surface area (Å²) in [5.41, 5.74) is 7.05. The molecule has 2 rings (SSSR count). The fourth-order valence-electron chi connectivity index (χ4n) is 1.61. The normalized spacial score (nSPS) is 11.8. The minimum absolute atomic E-state index is 0.308. The molecule has 1 aromatic carbocycles. The van der Waals surface area contributed by atoms with Gasteiger partial charge in [0.15, 0.2) is 0 Å². The van der Waals surface area contributed by atoms with Gasteiger partial charge in [-0.05, 0) is 48.0 Å². The molecule has 0 aliphatic carbocycles. The highest BCUT2D eigenvalue weighted by Gasteiger charge is 2.20. The van der Waals surface area contributed by atoms with Crippen LogP contribution in [0.2, 0.25) is 0 Å². The average molecular weight is 298 g/mol. The van der Waals surface area contributed by atoms with Crippen molar-refractivity contribution in [1.82, 2.24) is 9.55 Å². The van der Waals surface area contributed by atoms with Crippen LogP contribution in [0.15, 0.2) is 35.2 Å². The molecular weight excluding hydrogens is 285 g/mol. The van der Waals surface area contributed by atoms with Crippen molar-refractivity contribution in [3.05, 3.63) is 46.7 Å². The molecule has 17 heavy (non-hydrogen) atoms. The number of benzene rings is 1. The standard InChI is InChI=1S/C12H13BrFN3/c1-12(2,15)11-6-16-7-17(11)8-3-4-9(13)10(14)5-8/h3-7H,15H2,1-2H3. The zero-order valence-corrected chi connectivity index (χ0v) is 11.2. The third-order valence-electron chi connectivity index (χ3n) is 2.48. The van der Waals surface area contributed by atoms with E-state index in [2.05, 4.69) is 20.9 Å². The Morgan fingerprint density at radius 2 is 2.12 bits per heavy atom. The van der Waals surface area contributed by atoms with Gasteiger partial charge in [0, 0.05) is 5.69 Å². The van der Waals surface area contributed by atoms with E-state index in [4.69, 9.17) is 5.73 Å². The summed E-state index contributed by atoms with van der Waals surface area (Å²) >= 11 is 3.13. The number of hydrogen-bond donors (Lipinski definition) is 1. The summed E-state index contributed by atoms with van der Waals surface area (Å²) in [6.07, 6.45) is 3.33. The van der Waals surface area contributed by atoms with Crippen LogP contribution in [0.5, 0.6) is 0 Å². The molecule has 0 radical (unpaired) electrons. The molecule has 1 aromatic heterocycles. The number of hydrogen-bond acceptors (Lipinski definition) is 2. The minimum atomic E-state index is -0.528. The van der Waals surface area contributed by atoms with Crippen molar-refractivity contribution < 1.29 is 4.39 Å². The lowest BCUT2D eigenvalue weighted by Gasteiger charge is -2.20. The maximum Gasteiger partial charge on any atom is 0.139 e. The predicted molar refractivity (Wildman–Crippen MR) is 68.4 cm³/mol. The highest BCUT2D eigenvalue weighted by molar-refractivity contribution is 9.10. The topological polar surface area (TPSA) is 43.8 Å². The lowest BCUT2D eigenvalue weighted by Crippen LogP contribution is -2.31. The molecule has 0 aliphatic heterocycles. The Hall–Kier alpha value is -1.20. The van der Waals surface area contributed by atoms with Crippen molar-refractivity contribution in [1.29, 1.82) is 0 Å². The Balaban J connectivity index is 2.54. The van der Waals surface area contributed by atoms with E-state index in [1.165, 1.54) is 6.07 Å². The van der Waals surface area contributed by atoms with E-state index in [0.717, 1.165) is 5.69 Å². The molecule has 90 valence electrons. The molecule has 0 fully saturated rings. The highest BCUT2D eigenvalue weighted by Crippen LogP contribution is 2.23. The van der Waals surface area contributed by atoms with E-state index in [1.54, 1.807) is 23.2 Å². The summed E-state index contributed by atoms with van der Waals surface area (Å²) in [4.78, 5) is 4.07. The zero-order chi connectivity index (χ0) is 12.6. The Bertz CT molecular complexity index is 543. The Morgan fingerprint density at radius 3 is 2.71 bits per heavy atom. The van der Waals surface area contributed by atoms with Crippen LogP contribution >= 0.6 is 15.9 Å². The summed E-state index contributed by atoms with van der Waals surface area (Å²) in [6, 6.07) is 4.92. The molecule has 5 heteroatoms. The van der Waals surface area contributed by atoms with Gasteiger partial charge in [-0.15, -0.1) is 0 Å². The second-order valence-corrected chi connectivity index (χ2v) is 5.32. The van der Waals surface area contributed by atoms with Crippen molar-refractivity contribution in [2.24, 2.45) is 5.73 Å². The highest BCUT2D eigenvalue weighted by atomic mass is 79.9. The Labute approximate surface area is 108 Å². The smallest absolute Gasteiger partial charge is 0.139 e. The lowest BCUT2D eigenvalue weighted by molar-refractivity contribution is 0.524. The summed E-state index contributed by atoms with van der Waals surface area (Å²) in [7, 11) is 0. The van der Waals surface area contributed by atoms with Crippen molar-refractivity contribution >= 4 is 15.9 Å². The van der Waals surface area contributed by atoms with Crippen molar-refractivity contribution in [3.63, 3.8) is 0 Å². The lowest BCUT2D eigenvalue weighted by atomic mass is 10.0. The largest absolute Gasteiger partial charge is 0.321 e. The van der Waals surface area contributed by atoms with Gasteiger partial charge in [-0.1, -0.05) is 0 Å². The Morgan fingerprint density at radius 1 is 1.41 bits per heavy atom. The van der Waals surface area contributed by atoms with Gasteiger partial charge in [0.2, 0.25) is 0 Å². The van der Waals surface area contributed by atoms with Crippen molar-refractivity contribution in [2.45, 2.75) is 19.4 Å². The summed E-state index contributed by atoms with van der Waals surface area (Å²) in [5, 5.41) is 0. The van der Waals surface area contributed by atoms with E-state index in [-0.39, 0.29) is 5.82 Å². The van der Waals surface area contributed by atoms with Crippen LogP contribution in [-0.2, 0) is 5.54 Å². The first kappa shape index (κ1) is 12.3. The van der Waals surface area contributed by atoms with Gasteiger partial charge in [0.25, 0.3) is 0 Å². The number of rotatable bonds is 2. The Kier molecular flexibility index (Phi) is 3.05. The van der Waals surface area contributed by atoms with E-state index < -0.39 is 5.54 Å². The molecule has 1 heterocycles. The first-order chi connectivity index (χ1) is 7.89. The van der Waals surface area contributed by atoms with Crippen LogP contribution in [0, 0.1) is 5.82 Å². The number of aromatic nitrogens is 2. The predicted octanol–water partition coefficient (Wildman–Crippen LogP) is 2.97. The second kappa shape index (κ2) is 4.23. The van der Waals surface area contributed by atoms with Gasteiger partial charge in [0.1, 0.15) is 5.82 Å². The van der Waals surface area contributed by atoms with Crippen molar-refractivity contribution in [2.75, 3.05) is 0 Å². The third kappa shape index (κ3) is 2.40. The number of imidazole rings is 1. The molecule has 0 aliphatic rings. The van der Waals surface area contributed by atoms with Crippen LogP contribution in [-0.4, -0.2) is 9.55 Å². The van der Waals surface area contributed by atoms with Gasteiger partial charge < -0.3 is 10.3 Å². The fraction of sp³-hybridized carbons (Fsp3) is 0.250. The molecule has 0 saturated heterocycles. The molecule has 0 unspecified atom stereocenters. The molecule has 2 aromatic rings. The molecule has 3 nitrogen and oxygen atoms in total. The number of nitrogens with zero attached hydrogens (tertiary/aromatic N) is 2. The molecule has 2 N–H and O–H groups in total. The molecule has 0 amide bonds. The SMILES string of the molecule is CC(C)(N)c1cncn1-c1ccc(Br)c(F)c1.